The van der Waals surface area contributed by atoms with Crippen LogP contribution >= 0.6 is 0 Å². The number of rotatable bonds is 4. The van der Waals surface area contributed by atoms with E-state index in [1.54, 1.807) is 42.6 Å². The van der Waals surface area contributed by atoms with E-state index in [0.717, 1.165) is 15.9 Å². The fourth-order valence-corrected chi connectivity index (χ4v) is 3.71. The van der Waals surface area contributed by atoms with Gasteiger partial charge in [-0.05, 0) is 36.8 Å². The van der Waals surface area contributed by atoms with Crippen molar-refractivity contribution in [1.29, 1.82) is 0 Å². The quantitative estimate of drug-likeness (QED) is 0.651. The van der Waals surface area contributed by atoms with E-state index in [4.69, 9.17) is 9.47 Å². The van der Waals surface area contributed by atoms with Gasteiger partial charge in [-0.3, -0.25) is 4.98 Å². The Kier molecular flexibility index (Phi) is 5.05. The molecule has 0 saturated heterocycles. The Balaban J connectivity index is 1.74. The van der Waals surface area contributed by atoms with Gasteiger partial charge in [0.15, 0.2) is 17.5 Å². The summed E-state index contributed by atoms with van der Waals surface area (Å²) in [6, 6.07) is 7.99. The average molecular weight is 418 g/mol. The molecule has 0 fully saturated rings. The highest BCUT2D eigenvalue weighted by atomic mass is 19.4. The van der Waals surface area contributed by atoms with E-state index >= 15 is 0 Å². The molecule has 0 radical (unpaired) electrons. The molecule has 3 heterocycles. The van der Waals surface area contributed by atoms with Gasteiger partial charge in [0.1, 0.15) is 5.82 Å². The second-order valence-corrected chi connectivity index (χ2v) is 7.15. The highest BCUT2D eigenvalue weighted by Crippen LogP contribution is 2.45. The normalized spacial score (nSPS) is 18.5. The molecule has 0 amide bonds. The molecule has 0 aliphatic carbocycles. The number of anilines is 1. The Bertz CT molecular complexity index is 1060. The number of nitrogens with zero attached hydrogens (tertiary/aromatic N) is 3. The number of fused-ring (bicyclic) bond motifs is 1. The summed E-state index contributed by atoms with van der Waals surface area (Å²) in [4.78, 5) is 4.13. The first-order chi connectivity index (χ1) is 14.3. The highest BCUT2D eigenvalue weighted by Gasteiger charge is 2.46. The van der Waals surface area contributed by atoms with Crippen LogP contribution in [0.15, 0.2) is 42.6 Å². The monoisotopic (exact) mass is 418 g/mol. The maximum atomic E-state index is 13.9. The molecule has 158 valence electrons. The zero-order chi connectivity index (χ0) is 21.5. The van der Waals surface area contributed by atoms with Crippen molar-refractivity contribution >= 4 is 5.82 Å². The average Bonchev–Trinajstić information content (AvgIpc) is 3.16. The number of halogens is 3. The predicted molar refractivity (Wildman–Crippen MR) is 106 cm³/mol. The molecule has 1 aliphatic rings. The molecule has 0 spiro atoms. The maximum absolute atomic E-state index is 13.9. The number of ether oxygens (including phenoxy) is 2. The van der Waals surface area contributed by atoms with Crippen molar-refractivity contribution in [3.63, 3.8) is 0 Å². The third kappa shape index (κ3) is 3.67. The van der Waals surface area contributed by atoms with Crippen molar-refractivity contribution in [3.8, 4) is 22.8 Å². The predicted octanol–water partition coefficient (Wildman–Crippen LogP) is 4.93. The zero-order valence-electron chi connectivity index (χ0n) is 16.7. The molecular formula is C21H21F3N4O2. The minimum atomic E-state index is -4.44. The van der Waals surface area contributed by atoms with Crippen LogP contribution in [0, 0.1) is 6.92 Å². The number of pyridine rings is 1. The molecular weight excluding hydrogens is 397 g/mol. The summed E-state index contributed by atoms with van der Waals surface area (Å²) in [7, 11) is 3.00. The third-order valence-electron chi connectivity index (χ3n) is 5.19. The molecule has 0 saturated carbocycles. The summed E-state index contributed by atoms with van der Waals surface area (Å²) in [6.45, 7) is 1.82. The summed E-state index contributed by atoms with van der Waals surface area (Å²) in [5.74, 6) is 1.30. The lowest BCUT2D eigenvalue weighted by Crippen LogP contribution is -2.35. The third-order valence-corrected chi connectivity index (χ3v) is 5.19. The topological polar surface area (TPSA) is 61.2 Å². The van der Waals surface area contributed by atoms with Crippen molar-refractivity contribution in [3.05, 3.63) is 53.9 Å². The van der Waals surface area contributed by atoms with Gasteiger partial charge in [-0.1, -0.05) is 6.07 Å². The minimum Gasteiger partial charge on any atom is -0.493 e. The van der Waals surface area contributed by atoms with Crippen molar-refractivity contribution in [1.82, 2.24) is 14.8 Å². The van der Waals surface area contributed by atoms with E-state index in [9.17, 15) is 13.2 Å². The van der Waals surface area contributed by atoms with E-state index in [2.05, 4.69) is 15.4 Å². The Morgan fingerprint density at radius 3 is 2.50 bits per heavy atom. The van der Waals surface area contributed by atoms with Crippen molar-refractivity contribution in [2.45, 2.75) is 31.6 Å². The van der Waals surface area contributed by atoms with Crippen molar-refractivity contribution in [2.24, 2.45) is 0 Å². The van der Waals surface area contributed by atoms with Crippen molar-refractivity contribution < 1.29 is 22.6 Å². The number of aromatic nitrogens is 3. The highest BCUT2D eigenvalue weighted by molar-refractivity contribution is 5.64. The van der Waals surface area contributed by atoms with Gasteiger partial charge in [0.05, 0.1) is 26.0 Å². The van der Waals surface area contributed by atoms with Gasteiger partial charge in [0.25, 0.3) is 0 Å². The van der Waals surface area contributed by atoms with Crippen LogP contribution in [-0.4, -0.2) is 35.2 Å². The Morgan fingerprint density at radius 1 is 1.07 bits per heavy atom. The van der Waals surface area contributed by atoms with Gasteiger partial charge in [0, 0.05) is 29.9 Å². The van der Waals surface area contributed by atoms with Crippen LogP contribution in [0.5, 0.6) is 11.5 Å². The fourth-order valence-electron chi connectivity index (χ4n) is 3.71. The molecule has 4 rings (SSSR count). The first-order valence-electron chi connectivity index (χ1n) is 9.38. The molecule has 1 N–H and O–H groups in total. The molecule has 6 nitrogen and oxygen atoms in total. The molecule has 2 atom stereocenters. The van der Waals surface area contributed by atoms with Crippen LogP contribution in [0.2, 0.25) is 0 Å². The lowest BCUT2D eigenvalue weighted by atomic mass is 9.96. The van der Waals surface area contributed by atoms with Crippen LogP contribution in [0.3, 0.4) is 0 Å². The van der Waals surface area contributed by atoms with Gasteiger partial charge >= 0.3 is 6.18 Å². The summed E-state index contributed by atoms with van der Waals surface area (Å²) < 4.78 is 53.3. The Hall–Kier alpha value is -3.23. The molecule has 0 unspecified atom stereocenters. The van der Waals surface area contributed by atoms with Crippen LogP contribution in [0.1, 0.15) is 29.8 Å². The van der Waals surface area contributed by atoms with Gasteiger partial charge in [-0.2, -0.15) is 18.3 Å². The molecule has 9 heteroatoms. The lowest BCUT2D eigenvalue weighted by molar-refractivity contribution is -0.173. The number of benzene rings is 1. The zero-order valence-corrected chi connectivity index (χ0v) is 16.7. The lowest BCUT2D eigenvalue weighted by Gasteiger charge is -2.33. The molecule has 3 aromatic rings. The maximum Gasteiger partial charge on any atom is 0.410 e. The van der Waals surface area contributed by atoms with Crippen LogP contribution in [-0.2, 0) is 0 Å². The summed E-state index contributed by atoms with van der Waals surface area (Å²) in [5.41, 5.74) is 2.62. The molecule has 2 aromatic heterocycles. The van der Waals surface area contributed by atoms with Crippen LogP contribution in [0.25, 0.3) is 11.3 Å². The molecule has 0 bridgehead atoms. The second-order valence-electron chi connectivity index (χ2n) is 7.15. The number of nitrogens with one attached hydrogen (secondary N) is 1. The van der Waals surface area contributed by atoms with Crippen molar-refractivity contribution in [2.75, 3.05) is 19.5 Å². The Labute approximate surface area is 171 Å². The summed E-state index contributed by atoms with van der Waals surface area (Å²) in [6.07, 6.45) is -3.02. The van der Waals surface area contributed by atoms with E-state index in [-0.39, 0.29) is 6.42 Å². The first kappa shape index (κ1) is 20.1. The fraction of sp³-hybridized carbons (Fsp3) is 0.333. The molecule has 1 aliphatic heterocycles. The van der Waals surface area contributed by atoms with E-state index in [1.165, 1.54) is 14.2 Å². The van der Waals surface area contributed by atoms with Gasteiger partial charge in [-0.25, -0.2) is 4.68 Å². The second kappa shape index (κ2) is 7.55. The number of hydrogen-bond acceptors (Lipinski definition) is 5. The molecule has 30 heavy (non-hydrogen) atoms. The van der Waals surface area contributed by atoms with Crippen LogP contribution < -0.4 is 14.8 Å². The number of methoxy groups -OCH3 is 2. The van der Waals surface area contributed by atoms with Crippen LogP contribution in [0.4, 0.5) is 19.0 Å². The number of hydrogen-bond donors (Lipinski definition) is 1. The Morgan fingerprint density at radius 2 is 1.83 bits per heavy atom. The molecule has 1 aromatic carbocycles. The smallest absolute Gasteiger partial charge is 0.410 e. The van der Waals surface area contributed by atoms with Gasteiger partial charge < -0.3 is 14.8 Å². The van der Waals surface area contributed by atoms with Gasteiger partial charge in [0.2, 0.25) is 0 Å². The number of alkyl halides is 3. The number of aryl methyl sites for hydroxylation is 1. The SMILES string of the molecule is COc1ccc([C@@H]2C[C@H](C(F)(F)F)n3nc(-c4ccnc(C)c4)cc3N2)cc1OC. The largest absolute Gasteiger partial charge is 0.493 e. The first-order valence-corrected chi connectivity index (χ1v) is 9.38. The van der Waals surface area contributed by atoms with E-state index < -0.39 is 18.3 Å². The van der Waals surface area contributed by atoms with E-state index in [0.29, 0.717) is 28.6 Å². The minimum absolute atomic E-state index is 0.192. The summed E-state index contributed by atoms with van der Waals surface area (Å²) >= 11 is 0. The van der Waals surface area contributed by atoms with E-state index in [1.807, 2.05) is 6.92 Å². The summed E-state index contributed by atoms with van der Waals surface area (Å²) in [5, 5.41) is 7.46. The van der Waals surface area contributed by atoms with Gasteiger partial charge in [-0.15, -0.1) is 0 Å². The standard InChI is InChI=1S/C21H21F3N4O2/c1-12-8-14(6-7-25-12)16-11-20-26-15(10-19(21(22,23)24)28(20)27-16)13-4-5-17(29-2)18(9-13)30-3/h4-9,11,15,19,26H,10H2,1-3H3/t15-,19+/m0/s1.